The van der Waals surface area contributed by atoms with Crippen molar-refractivity contribution in [3.8, 4) is 45.6 Å². The number of oxime groups is 1. The van der Waals surface area contributed by atoms with Crippen molar-refractivity contribution in [2.24, 2.45) is 11.1 Å². The highest BCUT2D eigenvalue weighted by molar-refractivity contribution is 6.13. The number of amides is 1. The SMILES string of the molecule is COc1cc2c(c(OC)c1OC)-c1c(cc3c(c1OC)OCO3)C[C@H](C)[C@@](C)(O)/C2=N/OCc1cn(CC(=O)Nc2ccccc2)nn1. The van der Waals surface area contributed by atoms with Crippen LogP contribution in [0.3, 0.4) is 0 Å². The number of benzene rings is 3. The zero-order valence-corrected chi connectivity index (χ0v) is 27.5. The molecule has 1 aliphatic carbocycles. The number of methoxy groups -OCH3 is 4. The lowest BCUT2D eigenvalue weighted by Crippen LogP contribution is -2.44. The first kappa shape index (κ1) is 32.4. The van der Waals surface area contributed by atoms with E-state index in [1.54, 1.807) is 38.4 Å². The molecule has 0 fully saturated rings. The van der Waals surface area contributed by atoms with Crippen LogP contribution in [-0.2, 0) is 29.2 Å². The second kappa shape index (κ2) is 13.3. The van der Waals surface area contributed by atoms with Gasteiger partial charge in [-0.1, -0.05) is 35.5 Å². The van der Waals surface area contributed by atoms with Crippen LogP contribution < -0.4 is 33.7 Å². The summed E-state index contributed by atoms with van der Waals surface area (Å²) in [4.78, 5) is 18.4. The summed E-state index contributed by atoms with van der Waals surface area (Å²) < 4.78 is 36.4. The molecular weight excluding hydrogens is 622 g/mol. The minimum atomic E-state index is -1.52. The number of fused-ring (bicyclic) bond motifs is 4. The fourth-order valence-electron chi connectivity index (χ4n) is 5.97. The van der Waals surface area contributed by atoms with Gasteiger partial charge >= 0.3 is 0 Å². The van der Waals surface area contributed by atoms with Crippen LogP contribution in [0, 0.1) is 5.92 Å². The fraction of sp³-hybridized carbons (Fsp3) is 0.353. The first-order valence-corrected chi connectivity index (χ1v) is 15.2. The van der Waals surface area contributed by atoms with Gasteiger partial charge in [0.25, 0.3) is 0 Å². The van der Waals surface area contributed by atoms with E-state index in [1.807, 2.05) is 31.2 Å². The van der Waals surface area contributed by atoms with Crippen LogP contribution >= 0.6 is 0 Å². The third-order valence-electron chi connectivity index (χ3n) is 8.52. The highest BCUT2D eigenvalue weighted by atomic mass is 16.7. The van der Waals surface area contributed by atoms with Gasteiger partial charge in [0, 0.05) is 22.4 Å². The summed E-state index contributed by atoms with van der Waals surface area (Å²) in [6, 6.07) is 12.8. The number of hydrogen-bond acceptors (Lipinski definition) is 12. The molecule has 0 spiro atoms. The highest BCUT2D eigenvalue weighted by Crippen LogP contribution is 2.57. The van der Waals surface area contributed by atoms with Crippen LogP contribution in [-0.4, -0.2) is 72.6 Å². The Morgan fingerprint density at radius 1 is 1.04 bits per heavy atom. The number of ether oxygens (including phenoxy) is 6. The maximum Gasteiger partial charge on any atom is 0.246 e. The lowest BCUT2D eigenvalue weighted by Gasteiger charge is -2.36. The van der Waals surface area contributed by atoms with Gasteiger partial charge in [-0.25, -0.2) is 4.68 Å². The molecule has 1 aromatic heterocycles. The molecule has 1 amide bonds. The van der Waals surface area contributed by atoms with Crippen LogP contribution in [0.2, 0.25) is 0 Å². The minimum absolute atomic E-state index is 0.0423. The molecule has 2 atom stereocenters. The van der Waals surface area contributed by atoms with Crippen molar-refractivity contribution < 1.29 is 43.2 Å². The largest absolute Gasteiger partial charge is 0.493 e. The standard InChI is InChI=1S/C34H37N5O9/c1-19-12-20-13-25-30(47-18-46-25)31(44-5)27(20)28-23(14-24(42-3)29(43-4)32(28)45-6)33(34(19,2)41)37-48-17-22-15-39(38-36-22)16-26(40)35-21-10-8-7-9-11-21/h7-11,13-15,19,41H,12,16-18H2,1-6H3,(H,35,40)/b37-33+/t19-,34+/m0/s1. The molecule has 6 rings (SSSR count). The molecule has 1 aliphatic heterocycles. The van der Waals surface area contributed by atoms with Crippen molar-refractivity contribution in [2.75, 3.05) is 40.5 Å². The van der Waals surface area contributed by atoms with Gasteiger partial charge in [0.15, 0.2) is 29.6 Å². The first-order chi connectivity index (χ1) is 23.2. The molecule has 2 aliphatic rings. The molecule has 2 N–H and O–H groups in total. The van der Waals surface area contributed by atoms with E-state index < -0.39 is 5.60 Å². The van der Waals surface area contributed by atoms with E-state index in [4.69, 9.17) is 33.3 Å². The van der Waals surface area contributed by atoms with E-state index in [9.17, 15) is 9.90 Å². The average Bonchev–Trinajstić information content (AvgIpc) is 3.74. The Hall–Kier alpha value is -5.50. The van der Waals surface area contributed by atoms with Gasteiger partial charge in [-0.3, -0.25) is 4.79 Å². The fourth-order valence-corrected chi connectivity index (χ4v) is 5.97. The number of aromatic nitrogens is 3. The summed E-state index contributed by atoms with van der Waals surface area (Å²) in [7, 11) is 6.10. The molecular formula is C34H37N5O9. The third-order valence-corrected chi connectivity index (χ3v) is 8.52. The predicted octanol–water partition coefficient (Wildman–Crippen LogP) is 4.21. The van der Waals surface area contributed by atoms with Crippen molar-refractivity contribution in [2.45, 2.75) is 39.0 Å². The minimum Gasteiger partial charge on any atom is -0.493 e. The molecule has 14 heteroatoms. The van der Waals surface area contributed by atoms with Crippen LogP contribution in [0.25, 0.3) is 11.1 Å². The lowest BCUT2D eigenvalue weighted by molar-refractivity contribution is -0.116. The molecule has 0 saturated carbocycles. The molecule has 0 radical (unpaired) electrons. The van der Waals surface area contributed by atoms with Gasteiger partial charge in [0.05, 0.1) is 34.6 Å². The molecule has 48 heavy (non-hydrogen) atoms. The second-order valence-electron chi connectivity index (χ2n) is 11.5. The molecule has 0 bridgehead atoms. The summed E-state index contributed by atoms with van der Waals surface area (Å²) >= 11 is 0. The third kappa shape index (κ3) is 5.90. The summed E-state index contributed by atoms with van der Waals surface area (Å²) in [5.41, 5.74) is 2.29. The highest BCUT2D eigenvalue weighted by Gasteiger charge is 2.43. The number of aliphatic hydroxyl groups is 1. The van der Waals surface area contributed by atoms with Crippen molar-refractivity contribution in [3.05, 3.63) is 65.5 Å². The number of nitrogens with zero attached hydrogens (tertiary/aromatic N) is 4. The number of hydrogen-bond donors (Lipinski definition) is 2. The van der Waals surface area contributed by atoms with E-state index >= 15 is 0 Å². The molecule has 0 saturated heterocycles. The summed E-state index contributed by atoms with van der Waals surface area (Å²) in [5, 5.41) is 27.7. The Balaban J connectivity index is 1.40. The lowest BCUT2D eigenvalue weighted by atomic mass is 9.73. The van der Waals surface area contributed by atoms with Gasteiger partial charge in [0.1, 0.15) is 23.6 Å². The number of para-hydroxylation sites is 1. The maximum absolute atomic E-state index is 12.5. The van der Waals surface area contributed by atoms with E-state index in [-0.39, 0.29) is 37.5 Å². The van der Waals surface area contributed by atoms with Crippen molar-refractivity contribution in [3.63, 3.8) is 0 Å². The van der Waals surface area contributed by atoms with Gasteiger partial charge in [-0.15, -0.1) is 5.10 Å². The summed E-state index contributed by atoms with van der Waals surface area (Å²) in [5.74, 6) is 1.82. The molecule has 14 nitrogen and oxygen atoms in total. The number of anilines is 1. The van der Waals surface area contributed by atoms with Crippen LogP contribution in [0.15, 0.2) is 53.8 Å². The van der Waals surface area contributed by atoms with Crippen molar-refractivity contribution in [1.82, 2.24) is 15.0 Å². The average molecular weight is 660 g/mol. The van der Waals surface area contributed by atoms with Crippen LogP contribution in [0.4, 0.5) is 5.69 Å². The Morgan fingerprint density at radius 2 is 1.79 bits per heavy atom. The first-order valence-electron chi connectivity index (χ1n) is 15.2. The van der Waals surface area contributed by atoms with E-state index in [0.717, 1.165) is 5.56 Å². The van der Waals surface area contributed by atoms with E-state index in [1.165, 1.54) is 26.0 Å². The maximum atomic E-state index is 12.5. The van der Waals surface area contributed by atoms with Gasteiger partial charge < -0.3 is 43.7 Å². The van der Waals surface area contributed by atoms with Crippen molar-refractivity contribution in [1.29, 1.82) is 0 Å². The Bertz CT molecular complexity index is 1860. The number of carbonyl (C=O) groups is 1. The monoisotopic (exact) mass is 659 g/mol. The molecule has 4 aromatic rings. The number of rotatable bonds is 10. The zero-order chi connectivity index (χ0) is 34.0. The zero-order valence-electron chi connectivity index (χ0n) is 27.5. The van der Waals surface area contributed by atoms with Gasteiger partial charge in [-0.05, 0) is 49.1 Å². The Labute approximate surface area is 277 Å². The van der Waals surface area contributed by atoms with Crippen LogP contribution in [0.5, 0.6) is 34.5 Å². The predicted molar refractivity (Wildman–Crippen MR) is 174 cm³/mol. The molecule has 2 heterocycles. The normalized spacial score (nSPS) is 18.6. The molecule has 0 unspecified atom stereocenters. The second-order valence-corrected chi connectivity index (χ2v) is 11.5. The van der Waals surface area contributed by atoms with E-state index in [0.29, 0.717) is 69.0 Å². The quantitative estimate of drug-likeness (QED) is 0.235. The summed E-state index contributed by atoms with van der Waals surface area (Å²) in [6.45, 7) is 3.51. The number of carbonyl (C=O) groups excluding carboxylic acids is 1. The topological polar surface area (TPSA) is 157 Å². The summed E-state index contributed by atoms with van der Waals surface area (Å²) in [6.07, 6.45) is 2.00. The number of nitrogens with one attached hydrogen (secondary N) is 1. The van der Waals surface area contributed by atoms with Crippen molar-refractivity contribution >= 4 is 17.3 Å². The van der Waals surface area contributed by atoms with E-state index in [2.05, 4.69) is 20.8 Å². The molecule has 252 valence electrons. The van der Waals surface area contributed by atoms with Gasteiger partial charge in [-0.2, -0.15) is 0 Å². The molecule has 3 aromatic carbocycles. The Kier molecular flexibility index (Phi) is 9.00. The van der Waals surface area contributed by atoms with Crippen LogP contribution in [0.1, 0.15) is 30.7 Å². The smallest absolute Gasteiger partial charge is 0.246 e. The van der Waals surface area contributed by atoms with Gasteiger partial charge in [0.2, 0.25) is 24.2 Å². The Morgan fingerprint density at radius 3 is 2.50 bits per heavy atom.